The lowest BCUT2D eigenvalue weighted by Crippen LogP contribution is -2.47. The smallest absolute Gasteiger partial charge is 0.409 e. The van der Waals surface area contributed by atoms with Gasteiger partial charge >= 0.3 is 6.09 Å². The lowest BCUT2D eigenvalue weighted by Gasteiger charge is -2.31. The van der Waals surface area contributed by atoms with E-state index < -0.39 is 5.56 Å². The molecule has 0 aliphatic carbocycles. The van der Waals surface area contributed by atoms with Gasteiger partial charge in [-0.15, -0.1) is 0 Å². The average Bonchev–Trinajstić information content (AvgIpc) is 2.62. The summed E-state index contributed by atoms with van der Waals surface area (Å²) in [6.07, 6.45) is 0.946. The summed E-state index contributed by atoms with van der Waals surface area (Å²) in [6, 6.07) is 5.52. The molecule has 2 amide bonds. The van der Waals surface area contributed by atoms with Gasteiger partial charge in [0, 0.05) is 19.1 Å². The molecule has 144 valence electrons. The fraction of sp³-hybridized carbons (Fsp3) is 0.450. The molecule has 1 aromatic carbocycles. The number of nitrogens with one attached hydrogen (secondary N) is 2. The van der Waals surface area contributed by atoms with Crippen LogP contribution in [0.1, 0.15) is 41.3 Å². The Morgan fingerprint density at radius 3 is 2.59 bits per heavy atom. The third-order valence-electron chi connectivity index (χ3n) is 4.89. The maximum Gasteiger partial charge on any atom is 0.409 e. The summed E-state index contributed by atoms with van der Waals surface area (Å²) in [4.78, 5) is 41.2. The van der Waals surface area contributed by atoms with E-state index in [1.807, 2.05) is 26.0 Å². The quantitative estimate of drug-likeness (QED) is 0.867. The van der Waals surface area contributed by atoms with Gasteiger partial charge in [0.25, 0.3) is 11.5 Å². The van der Waals surface area contributed by atoms with Crippen molar-refractivity contribution in [3.63, 3.8) is 0 Å². The molecule has 0 radical (unpaired) electrons. The highest BCUT2D eigenvalue weighted by atomic mass is 16.6. The summed E-state index contributed by atoms with van der Waals surface area (Å²) in [7, 11) is 0. The molecule has 0 saturated carbocycles. The number of ether oxygens (including phenoxy) is 1. The number of aryl methyl sites for hydroxylation is 2. The number of amides is 2. The van der Waals surface area contributed by atoms with Crippen LogP contribution in [0, 0.1) is 13.8 Å². The van der Waals surface area contributed by atoms with E-state index in [0.29, 0.717) is 32.5 Å². The molecule has 3 rings (SSSR count). The monoisotopic (exact) mass is 371 g/mol. The van der Waals surface area contributed by atoms with Crippen LogP contribution in [0.5, 0.6) is 0 Å². The molecule has 1 aliphatic heterocycles. The number of carbonyl (C=O) groups excluding carboxylic acids is 2. The second kappa shape index (κ2) is 7.82. The number of nitrogens with zero attached hydrogens (tertiary/aromatic N) is 1. The van der Waals surface area contributed by atoms with Crippen LogP contribution in [0.15, 0.2) is 23.0 Å². The Hall–Kier alpha value is -2.83. The molecule has 2 N–H and O–H groups in total. The van der Waals surface area contributed by atoms with Crippen molar-refractivity contribution in [2.24, 2.45) is 0 Å². The van der Waals surface area contributed by atoms with E-state index in [1.54, 1.807) is 17.9 Å². The van der Waals surface area contributed by atoms with Crippen LogP contribution in [0.2, 0.25) is 0 Å². The van der Waals surface area contributed by atoms with Crippen LogP contribution in [-0.2, 0) is 4.74 Å². The number of fused-ring (bicyclic) bond motifs is 1. The van der Waals surface area contributed by atoms with Gasteiger partial charge in [-0.3, -0.25) is 9.59 Å². The first-order chi connectivity index (χ1) is 12.9. The number of aromatic nitrogens is 1. The first kappa shape index (κ1) is 18.9. The molecular formula is C20H25N3O4. The molecule has 0 atom stereocenters. The third-order valence-corrected chi connectivity index (χ3v) is 4.89. The van der Waals surface area contributed by atoms with Gasteiger partial charge in [0.05, 0.1) is 12.1 Å². The Kier molecular flexibility index (Phi) is 5.48. The SMILES string of the molecule is CCOC(=O)N1CCC(NC(=O)c2cc3cc(C)cc(C)c3[nH]c2=O)CC1. The zero-order valence-electron chi connectivity index (χ0n) is 15.9. The largest absolute Gasteiger partial charge is 0.450 e. The van der Waals surface area contributed by atoms with E-state index in [2.05, 4.69) is 10.3 Å². The van der Waals surface area contributed by atoms with E-state index in [9.17, 15) is 14.4 Å². The second-order valence-electron chi connectivity index (χ2n) is 6.99. The fourth-order valence-electron chi connectivity index (χ4n) is 3.54. The fourth-order valence-corrected chi connectivity index (χ4v) is 3.54. The molecule has 1 aliphatic rings. The number of rotatable bonds is 3. The van der Waals surface area contributed by atoms with Gasteiger partial charge in [-0.05, 0) is 56.7 Å². The Bertz CT molecular complexity index is 927. The normalized spacial score (nSPS) is 15.0. The molecule has 2 heterocycles. The summed E-state index contributed by atoms with van der Waals surface area (Å²) in [5.74, 6) is -0.383. The van der Waals surface area contributed by atoms with Crippen molar-refractivity contribution in [2.45, 2.75) is 39.7 Å². The molecular weight excluding hydrogens is 346 g/mol. The maximum absolute atomic E-state index is 12.6. The minimum atomic E-state index is -0.393. The van der Waals surface area contributed by atoms with E-state index in [4.69, 9.17) is 4.74 Å². The van der Waals surface area contributed by atoms with Crippen LogP contribution >= 0.6 is 0 Å². The zero-order chi connectivity index (χ0) is 19.6. The number of piperidine rings is 1. The summed E-state index contributed by atoms with van der Waals surface area (Å²) >= 11 is 0. The minimum absolute atomic E-state index is 0.0717. The van der Waals surface area contributed by atoms with Gasteiger partial charge in [0.15, 0.2) is 0 Å². The summed E-state index contributed by atoms with van der Waals surface area (Å²) in [5.41, 5.74) is 2.52. The first-order valence-electron chi connectivity index (χ1n) is 9.26. The number of pyridine rings is 1. The van der Waals surface area contributed by atoms with Crippen LogP contribution in [0.25, 0.3) is 10.9 Å². The van der Waals surface area contributed by atoms with Crippen LogP contribution < -0.4 is 10.9 Å². The number of benzene rings is 1. The summed E-state index contributed by atoms with van der Waals surface area (Å²) in [6.45, 7) is 7.08. The van der Waals surface area contributed by atoms with Gasteiger partial charge in [-0.1, -0.05) is 11.6 Å². The topological polar surface area (TPSA) is 91.5 Å². The number of hydrogen-bond acceptors (Lipinski definition) is 4. The number of hydrogen-bond donors (Lipinski definition) is 2. The molecule has 0 unspecified atom stereocenters. The van der Waals surface area contributed by atoms with Crippen LogP contribution in [0.3, 0.4) is 0 Å². The molecule has 1 aromatic heterocycles. The molecule has 27 heavy (non-hydrogen) atoms. The van der Waals surface area contributed by atoms with Gasteiger partial charge in [0.1, 0.15) is 5.56 Å². The van der Waals surface area contributed by atoms with Crippen LogP contribution in [0.4, 0.5) is 4.79 Å². The predicted molar refractivity (Wildman–Crippen MR) is 103 cm³/mol. The number of likely N-dealkylation sites (tertiary alicyclic amines) is 1. The number of aromatic amines is 1. The maximum atomic E-state index is 12.6. The molecule has 1 fully saturated rings. The van der Waals surface area contributed by atoms with Gasteiger partial charge in [-0.2, -0.15) is 0 Å². The predicted octanol–water partition coefficient (Wildman–Crippen LogP) is 2.50. The molecule has 7 heteroatoms. The second-order valence-corrected chi connectivity index (χ2v) is 6.99. The highest BCUT2D eigenvalue weighted by Crippen LogP contribution is 2.18. The minimum Gasteiger partial charge on any atom is -0.450 e. The van der Waals surface area contributed by atoms with Crippen molar-refractivity contribution in [3.05, 3.63) is 45.2 Å². The highest BCUT2D eigenvalue weighted by Gasteiger charge is 2.25. The number of carbonyl (C=O) groups is 2. The zero-order valence-corrected chi connectivity index (χ0v) is 15.9. The molecule has 0 bridgehead atoms. The van der Waals surface area contributed by atoms with Gasteiger partial charge in [-0.25, -0.2) is 4.79 Å². The van der Waals surface area contributed by atoms with Gasteiger partial charge in [0.2, 0.25) is 0 Å². The Morgan fingerprint density at radius 2 is 1.93 bits per heavy atom. The molecule has 0 spiro atoms. The molecule has 7 nitrogen and oxygen atoms in total. The number of H-pyrrole nitrogens is 1. The Balaban J connectivity index is 1.71. The van der Waals surface area contributed by atoms with Crippen molar-refractivity contribution in [1.29, 1.82) is 0 Å². The van der Waals surface area contributed by atoms with Crippen molar-refractivity contribution in [1.82, 2.24) is 15.2 Å². The van der Waals surface area contributed by atoms with E-state index >= 15 is 0 Å². The summed E-state index contributed by atoms with van der Waals surface area (Å²) < 4.78 is 5.00. The lowest BCUT2D eigenvalue weighted by molar-refractivity contribution is 0.0859. The van der Waals surface area contributed by atoms with Crippen molar-refractivity contribution in [3.8, 4) is 0 Å². The molecule has 2 aromatic rings. The van der Waals surface area contributed by atoms with E-state index in [0.717, 1.165) is 22.0 Å². The van der Waals surface area contributed by atoms with Gasteiger partial charge < -0.3 is 19.9 Å². The average molecular weight is 371 g/mol. The van der Waals surface area contributed by atoms with E-state index in [-0.39, 0.29) is 23.6 Å². The summed E-state index contributed by atoms with van der Waals surface area (Å²) in [5, 5.41) is 3.77. The molecule has 1 saturated heterocycles. The van der Waals surface area contributed by atoms with Crippen molar-refractivity contribution < 1.29 is 14.3 Å². The van der Waals surface area contributed by atoms with Crippen molar-refractivity contribution in [2.75, 3.05) is 19.7 Å². The standard InChI is InChI=1S/C20H25N3O4/c1-4-27-20(26)23-7-5-15(6-8-23)21-18(24)16-11-14-10-12(2)9-13(3)17(14)22-19(16)25/h9-11,15H,4-8H2,1-3H3,(H,21,24)(H,22,25). The van der Waals surface area contributed by atoms with Crippen molar-refractivity contribution >= 4 is 22.9 Å². The van der Waals surface area contributed by atoms with E-state index in [1.165, 1.54) is 0 Å². The Morgan fingerprint density at radius 1 is 1.22 bits per heavy atom. The lowest BCUT2D eigenvalue weighted by atomic mass is 10.0. The Labute approximate surface area is 157 Å². The first-order valence-corrected chi connectivity index (χ1v) is 9.26. The third kappa shape index (κ3) is 4.13. The highest BCUT2D eigenvalue weighted by molar-refractivity contribution is 5.97. The van der Waals surface area contributed by atoms with Crippen LogP contribution in [-0.4, -0.2) is 47.6 Å².